The first kappa shape index (κ1) is 13.4. The third kappa shape index (κ3) is 1.98. The average Bonchev–Trinajstić information content (AvgIpc) is 2.81. The second-order valence-corrected chi connectivity index (χ2v) is 5.89. The number of benzene rings is 1. The smallest absolute Gasteiger partial charge is 0.256 e. The quantitative estimate of drug-likeness (QED) is 0.852. The number of anilines is 1. The summed E-state index contributed by atoms with van der Waals surface area (Å²) < 4.78 is 0. The van der Waals surface area contributed by atoms with Gasteiger partial charge in [0.2, 0.25) is 5.91 Å². The van der Waals surface area contributed by atoms with Crippen LogP contribution in [0, 0.1) is 0 Å². The lowest BCUT2D eigenvalue weighted by molar-refractivity contribution is -0.119. The predicted octanol–water partition coefficient (Wildman–Crippen LogP) is 1.44. The van der Waals surface area contributed by atoms with E-state index >= 15 is 0 Å². The van der Waals surface area contributed by atoms with Crippen LogP contribution in [0.25, 0.3) is 0 Å². The SMILES string of the molecule is CN(C)[C@@H]1C[C@H]2C(=O)Nc3c(Cl)cccc3C(=O)N2C1. The Labute approximate surface area is 122 Å². The summed E-state index contributed by atoms with van der Waals surface area (Å²) in [6.45, 7) is 0.565. The molecule has 1 saturated heterocycles. The van der Waals surface area contributed by atoms with Crippen LogP contribution < -0.4 is 5.32 Å². The molecule has 0 unspecified atom stereocenters. The summed E-state index contributed by atoms with van der Waals surface area (Å²) in [5.74, 6) is -0.287. The molecule has 2 atom stereocenters. The fourth-order valence-corrected chi connectivity index (χ4v) is 3.07. The topological polar surface area (TPSA) is 52.7 Å². The maximum atomic E-state index is 12.6. The zero-order valence-corrected chi connectivity index (χ0v) is 12.1. The summed E-state index contributed by atoms with van der Waals surface area (Å²) in [5.41, 5.74) is 0.896. The van der Waals surface area contributed by atoms with Gasteiger partial charge in [-0.1, -0.05) is 17.7 Å². The fourth-order valence-electron chi connectivity index (χ4n) is 2.85. The minimum atomic E-state index is -0.418. The molecule has 0 radical (unpaired) electrons. The maximum absolute atomic E-state index is 12.6. The number of carbonyl (C=O) groups excluding carboxylic acids is 2. The predicted molar refractivity (Wildman–Crippen MR) is 77.0 cm³/mol. The molecular weight excluding hydrogens is 278 g/mol. The molecule has 20 heavy (non-hydrogen) atoms. The van der Waals surface area contributed by atoms with E-state index in [2.05, 4.69) is 5.32 Å². The molecule has 3 rings (SSSR count). The summed E-state index contributed by atoms with van der Waals surface area (Å²) in [6.07, 6.45) is 0.649. The second-order valence-electron chi connectivity index (χ2n) is 5.48. The number of halogens is 1. The van der Waals surface area contributed by atoms with Crippen LogP contribution in [-0.4, -0.2) is 54.3 Å². The highest BCUT2D eigenvalue weighted by Crippen LogP contribution is 2.33. The van der Waals surface area contributed by atoms with Crippen LogP contribution in [0.1, 0.15) is 16.8 Å². The van der Waals surface area contributed by atoms with Gasteiger partial charge in [0, 0.05) is 12.6 Å². The van der Waals surface area contributed by atoms with Crippen molar-refractivity contribution in [3.8, 4) is 0 Å². The molecule has 0 spiro atoms. The zero-order valence-electron chi connectivity index (χ0n) is 11.4. The van der Waals surface area contributed by atoms with E-state index in [9.17, 15) is 9.59 Å². The Hall–Kier alpha value is -1.59. The van der Waals surface area contributed by atoms with Crippen molar-refractivity contribution in [2.45, 2.75) is 18.5 Å². The van der Waals surface area contributed by atoms with Crippen LogP contribution in [0.4, 0.5) is 5.69 Å². The van der Waals surface area contributed by atoms with E-state index in [0.29, 0.717) is 29.2 Å². The van der Waals surface area contributed by atoms with Crippen molar-refractivity contribution < 1.29 is 9.59 Å². The van der Waals surface area contributed by atoms with Crippen LogP contribution in [0.3, 0.4) is 0 Å². The largest absolute Gasteiger partial charge is 0.325 e. The Bertz CT molecular complexity index is 588. The van der Waals surface area contributed by atoms with Crippen molar-refractivity contribution in [1.82, 2.24) is 9.80 Å². The maximum Gasteiger partial charge on any atom is 0.256 e. The number of fused-ring (bicyclic) bond motifs is 2. The van der Waals surface area contributed by atoms with Gasteiger partial charge in [0.05, 0.1) is 16.3 Å². The van der Waals surface area contributed by atoms with Crippen molar-refractivity contribution >= 4 is 29.1 Å². The van der Waals surface area contributed by atoms with Gasteiger partial charge in [-0.2, -0.15) is 0 Å². The van der Waals surface area contributed by atoms with Gasteiger partial charge < -0.3 is 15.1 Å². The number of hydrogen-bond acceptors (Lipinski definition) is 3. The minimum Gasteiger partial charge on any atom is -0.325 e. The number of carbonyl (C=O) groups is 2. The lowest BCUT2D eigenvalue weighted by atomic mass is 10.1. The molecule has 1 fully saturated rings. The van der Waals surface area contributed by atoms with Gasteiger partial charge in [-0.3, -0.25) is 9.59 Å². The third-order valence-corrected chi connectivity index (χ3v) is 4.38. The Morgan fingerprint density at radius 1 is 1.35 bits per heavy atom. The van der Waals surface area contributed by atoms with Gasteiger partial charge in [0.15, 0.2) is 0 Å². The van der Waals surface area contributed by atoms with E-state index in [4.69, 9.17) is 11.6 Å². The Morgan fingerprint density at radius 2 is 2.10 bits per heavy atom. The first-order valence-corrected chi connectivity index (χ1v) is 6.93. The van der Waals surface area contributed by atoms with Crippen LogP contribution in [0.5, 0.6) is 0 Å². The molecule has 1 aromatic rings. The van der Waals surface area contributed by atoms with Crippen LogP contribution in [0.15, 0.2) is 18.2 Å². The molecule has 0 aromatic heterocycles. The molecule has 106 valence electrons. The van der Waals surface area contributed by atoms with Crippen molar-refractivity contribution in [2.75, 3.05) is 26.0 Å². The van der Waals surface area contributed by atoms with Gasteiger partial charge in [-0.05, 0) is 32.6 Å². The number of likely N-dealkylation sites (N-methyl/N-ethyl adjacent to an activating group) is 1. The van der Waals surface area contributed by atoms with Crippen molar-refractivity contribution in [1.29, 1.82) is 0 Å². The molecule has 2 aliphatic heterocycles. The van der Waals surface area contributed by atoms with E-state index in [-0.39, 0.29) is 17.9 Å². The van der Waals surface area contributed by atoms with Crippen molar-refractivity contribution in [3.63, 3.8) is 0 Å². The van der Waals surface area contributed by atoms with E-state index in [1.54, 1.807) is 23.1 Å². The summed E-state index contributed by atoms with van der Waals surface area (Å²) in [4.78, 5) is 28.7. The van der Waals surface area contributed by atoms with Gasteiger partial charge in [0.25, 0.3) is 5.91 Å². The fraction of sp³-hybridized carbons (Fsp3) is 0.429. The number of rotatable bonds is 1. The molecule has 0 bridgehead atoms. The minimum absolute atomic E-state index is 0.129. The lowest BCUT2D eigenvalue weighted by Crippen LogP contribution is -2.40. The summed E-state index contributed by atoms with van der Waals surface area (Å²) in [5, 5.41) is 3.20. The number of nitrogens with one attached hydrogen (secondary N) is 1. The molecule has 2 amide bonds. The van der Waals surface area contributed by atoms with Gasteiger partial charge in [0.1, 0.15) is 6.04 Å². The van der Waals surface area contributed by atoms with Crippen LogP contribution >= 0.6 is 11.6 Å². The standard InChI is InChI=1S/C14H16ClN3O2/c1-17(2)8-6-11-13(19)16-12-9(4-3-5-10(12)15)14(20)18(11)7-8/h3-5,8,11H,6-7H2,1-2H3,(H,16,19)/t8-,11+/m1/s1. The highest BCUT2D eigenvalue weighted by Gasteiger charge is 2.43. The molecular formula is C14H16ClN3O2. The summed E-state index contributed by atoms with van der Waals surface area (Å²) >= 11 is 6.09. The molecule has 5 nitrogen and oxygen atoms in total. The monoisotopic (exact) mass is 293 g/mol. The molecule has 0 aliphatic carbocycles. The summed E-state index contributed by atoms with van der Waals surface area (Å²) in [6, 6.07) is 4.89. The number of amides is 2. The lowest BCUT2D eigenvalue weighted by Gasteiger charge is -2.21. The number of para-hydroxylation sites is 1. The van der Waals surface area contributed by atoms with Crippen molar-refractivity contribution in [2.24, 2.45) is 0 Å². The molecule has 0 saturated carbocycles. The van der Waals surface area contributed by atoms with Crippen LogP contribution in [0.2, 0.25) is 5.02 Å². The molecule has 2 heterocycles. The highest BCUT2D eigenvalue weighted by atomic mass is 35.5. The van der Waals surface area contributed by atoms with E-state index in [0.717, 1.165) is 0 Å². The van der Waals surface area contributed by atoms with Crippen LogP contribution in [-0.2, 0) is 4.79 Å². The van der Waals surface area contributed by atoms with E-state index in [1.165, 1.54) is 0 Å². The Morgan fingerprint density at radius 3 is 2.80 bits per heavy atom. The second kappa shape index (κ2) is 4.75. The molecule has 1 aromatic carbocycles. The van der Waals surface area contributed by atoms with Gasteiger partial charge in [-0.15, -0.1) is 0 Å². The normalized spacial score (nSPS) is 25.3. The Kier molecular flexibility index (Phi) is 3.18. The highest BCUT2D eigenvalue weighted by molar-refractivity contribution is 6.35. The van der Waals surface area contributed by atoms with E-state index in [1.807, 2.05) is 19.0 Å². The first-order chi connectivity index (χ1) is 9.49. The van der Waals surface area contributed by atoms with E-state index < -0.39 is 6.04 Å². The molecule has 2 aliphatic rings. The van der Waals surface area contributed by atoms with Gasteiger partial charge >= 0.3 is 0 Å². The number of hydrogen-bond donors (Lipinski definition) is 1. The average molecular weight is 294 g/mol. The molecule has 6 heteroatoms. The summed E-state index contributed by atoms with van der Waals surface area (Å²) in [7, 11) is 3.92. The number of nitrogens with zero attached hydrogens (tertiary/aromatic N) is 2. The zero-order chi connectivity index (χ0) is 14.4. The van der Waals surface area contributed by atoms with Gasteiger partial charge in [-0.25, -0.2) is 0 Å². The first-order valence-electron chi connectivity index (χ1n) is 6.56. The Balaban J connectivity index is 2.03. The van der Waals surface area contributed by atoms with Crippen molar-refractivity contribution in [3.05, 3.63) is 28.8 Å². The molecule has 1 N–H and O–H groups in total. The third-order valence-electron chi connectivity index (χ3n) is 4.07.